The fourth-order valence-corrected chi connectivity index (χ4v) is 3.66. The Kier molecular flexibility index (Phi) is 2.74. The molecule has 3 rings (SSSR count). The third kappa shape index (κ3) is 1.68. The van der Waals surface area contributed by atoms with E-state index in [1.807, 2.05) is 0 Å². The van der Waals surface area contributed by atoms with E-state index in [0.717, 1.165) is 37.5 Å². The van der Waals surface area contributed by atoms with Crippen molar-refractivity contribution < 1.29 is 9.53 Å². The molecule has 2 heteroatoms. The lowest BCUT2D eigenvalue weighted by Crippen LogP contribution is -2.19. The number of allylic oxidation sites excluding steroid dienone is 2. The van der Waals surface area contributed by atoms with Crippen LogP contribution in [-0.2, 0) is 9.53 Å². The largest absolute Gasteiger partial charge is 0.490 e. The lowest BCUT2D eigenvalue weighted by molar-refractivity contribution is -0.118. The van der Waals surface area contributed by atoms with Gasteiger partial charge < -0.3 is 4.74 Å². The minimum Gasteiger partial charge on any atom is -0.490 e. The Morgan fingerprint density at radius 2 is 1.88 bits per heavy atom. The Morgan fingerprint density at radius 3 is 2.69 bits per heavy atom. The van der Waals surface area contributed by atoms with E-state index in [1.54, 1.807) is 0 Å². The number of carbonyl (C=O) groups excluding carboxylic acids is 1. The zero-order valence-corrected chi connectivity index (χ0v) is 9.84. The fourth-order valence-electron chi connectivity index (χ4n) is 3.66. The number of rotatable bonds is 1. The molecule has 2 aliphatic carbocycles. The number of ketones is 1. The number of hydrogen-bond donors (Lipinski definition) is 0. The van der Waals surface area contributed by atoms with Gasteiger partial charge in [0, 0.05) is 6.42 Å². The Hall–Kier alpha value is -0.790. The summed E-state index contributed by atoms with van der Waals surface area (Å²) in [5, 5.41) is 0. The van der Waals surface area contributed by atoms with E-state index in [1.165, 1.54) is 37.7 Å². The average molecular weight is 220 g/mol. The smallest absolute Gasteiger partial charge is 0.197 e. The highest BCUT2D eigenvalue weighted by molar-refractivity contribution is 5.97. The highest BCUT2D eigenvalue weighted by atomic mass is 16.5. The van der Waals surface area contributed by atoms with Gasteiger partial charge in [-0.15, -0.1) is 0 Å². The molecule has 1 atom stereocenters. The predicted molar refractivity (Wildman–Crippen MR) is 61.9 cm³/mol. The molecule has 0 aromatic heterocycles. The van der Waals surface area contributed by atoms with Crippen molar-refractivity contribution >= 4 is 5.78 Å². The number of carbonyl (C=O) groups is 1. The first kappa shape index (κ1) is 10.4. The summed E-state index contributed by atoms with van der Waals surface area (Å²) in [6.45, 7) is 0.752. The van der Waals surface area contributed by atoms with Crippen molar-refractivity contribution in [3.8, 4) is 0 Å². The molecular formula is C14H20O2. The van der Waals surface area contributed by atoms with Gasteiger partial charge in [-0.25, -0.2) is 0 Å². The van der Waals surface area contributed by atoms with Gasteiger partial charge >= 0.3 is 0 Å². The van der Waals surface area contributed by atoms with Crippen LogP contribution in [-0.4, -0.2) is 12.4 Å². The van der Waals surface area contributed by atoms with Crippen molar-refractivity contribution in [2.45, 2.75) is 51.4 Å². The number of Topliss-reactive ketones (excluding diaryl/α,β-unsaturated/α-hetero) is 1. The van der Waals surface area contributed by atoms with Crippen LogP contribution in [0.1, 0.15) is 51.4 Å². The second kappa shape index (κ2) is 4.23. The first-order valence-corrected chi connectivity index (χ1v) is 6.75. The molecule has 88 valence electrons. The van der Waals surface area contributed by atoms with Crippen LogP contribution in [0.3, 0.4) is 0 Å². The summed E-state index contributed by atoms with van der Waals surface area (Å²) in [7, 11) is 0. The van der Waals surface area contributed by atoms with Crippen molar-refractivity contribution in [2.75, 3.05) is 6.61 Å². The molecule has 0 aromatic rings. The van der Waals surface area contributed by atoms with Gasteiger partial charge in [-0.05, 0) is 43.1 Å². The van der Waals surface area contributed by atoms with Crippen molar-refractivity contribution in [1.29, 1.82) is 0 Å². The molecule has 1 aliphatic heterocycles. The predicted octanol–water partition coefficient (Wildman–Crippen LogP) is 3.22. The average Bonchev–Trinajstić information content (AvgIpc) is 2.69. The Balaban J connectivity index is 1.80. The van der Waals surface area contributed by atoms with Crippen LogP contribution >= 0.6 is 0 Å². The van der Waals surface area contributed by atoms with Crippen LogP contribution < -0.4 is 0 Å². The van der Waals surface area contributed by atoms with Gasteiger partial charge in [-0.1, -0.05) is 19.3 Å². The topological polar surface area (TPSA) is 26.3 Å². The molecule has 1 fully saturated rings. The van der Waals surface area contributed by atoms with Gasteiger partial charge in [-0.3, -0.25) is 4.79 Å². The lowest BCUT2D eigenvalue weighted by Gasteiger charge is -2.29. The van der Waals surface area contributed by atoms with Crippen molar-refractivity contribution in [1.82, 2.24) is 0 Å². The maximum Gasteiger partial charge on any atom is 0.197 e. The quantitative estimate of drug-likeness (QED) is 0.678. The van der Waals surface area contributed by atoms with Gasteiger partial charge in [0.05, 0.1) is 6.61 Å². The third-order valence-corrected chi connectivity index (χ3v) is 4.45. The van der Waals surface area contributed by atoms with Crippen LogP contribution in [0.5, 0.6) is 0 Å². The maximum atomic E-state index is 11.9. The molecule has 0 N–H and O–H groups in total. The second-order valence-electron chi connectivity index (χ2n) is 5.44. The molecular weight excluding hydrogens is 200 g/mol. The third-order valence-electron chi connectivity index (χ3n) is 4.45. The van der Waals surface area contributed by atoms with E-state index in [0.29, 0.717) is 5.92 Å². The molecule has 0 unspecified atom stereocenters. The fraction of sp³-hybridized carbons (Fsp3) is 0.786. The summed E-state index contributed by atoms with van der Waals surface area (Å²) >= 11 is 0. The molecule has 0 amide bonds. The van der Waals surface area contributed by atoms with Crippen LogP contribution in [0, 0.1) is 11.8 Å². The van der Waals surface area contributed by atoms with Crippen molar-refractivity contribution in [3.63, 3.8) is 0 Å². The molecule has 1 saturated carbocycles. The number of ether oxygens (including phenoxy) is 1. The van der Waals surface area contributed by atoms with Crippen LogP contribution in [0.4, 0.5) is 0 Å². The lowest BCUT2D eigenvalue weighted by atomic mass is 9.76. The molecule has 0 bridgehead atoms. The zero-order valence-electron chi connectivity index (χ0n) is 9.84. The second-order valence-corrected chi connectivity index (χ2v) is 5.44. The van der Waals surface area contributed by atoms with Gasteiger partial charge in [-0.2, -0.15) is 0 Å². The zero-order chi connectivity index (χ0) is 11.0. The van der Waals surface area contributed by atoms with Gasteiger partial charge in [0.2, 0.25) is 0 Å². The molecule has 1 heterocycles. The summed E-state index contributed by atoms with van der Waals surface area (Å²) < 4.78 is 5.57. The molecule has 0 aromatic carbocycles. The summed E-state index contributed by atoms with van der Waals surface area (Å²) in [6.07, 6.45) is 9.73. The molecule has 0 saturated heterocycles. The molecule has 2 nitrogen and oxygen atoms in total. The Labute approximate surface area is 97.1 Å². The Bertz CT molecular complexity index is 324. The van der Waals surface area contributed by atoms with Crippen LogP contribution in [0.15, 0.2) is 11.3 Å². The van der Waals surface area contributed by atoms with E-state index >= 15 is 0 Å². The van der Waals surface area contributed by atoms with E-state index in [2.05, 4.69) is 0 Å². The summed E-state index contributed by atoms with van der Waals surface area (Å²) in [5.74, 6) is 2.36. The molecule has 16 heavy (non-hydrogen) atoms. The molecule has 0 spiro atoms. The first-order valence-electron chi connectivity index (χ1n) is 6.75. The van der Waals surface area contributed by atoms with Gasteiger partial charge in [0.1, 0.15) is 0 Å². The normalized spacial score (nSPS) is 31.5. The highest BCUT2D eigenvalue weighted by Gasteiger charge is 2.39. The first-order chi connectivity index (χ1) is 7.86. The van der Waals surface area contributed by atoms with E-state index in [4.69, 9.17) is 4.74 Å². The summed E-state index contributed by atoms with van der Waals surface area (Å²) in [4.78, 5) is 11.9. The SMILES string of the molecule is O=C1C[C@@H](C2CCCCC2)C2=C1OCCC2. The van der Waals surface area contributed by atoms with Crippen molar-refractivity contribution in [3.05, 3.63) is 11.3 Å². The van der Waals surface area contributed by atoms with Gasteiger partial charge in [0.25, 0.3) is 0 Å². The van der Waals surface area contributed by atoms with Gasteiger partial charge in [0.15, 0.2) is 11.5 Å². The standard InChI is InChI=1S/C14H20O2/c15-13-9-12(10-5-2-1-3-6-10)11-7-4-8-16-14(11)13/h10,12H,1-9H2/t12-/m0/s1. The van der Waals surface area contributed by atoms with Crippen molar-refractivity contribution in [2.24, 2.45) is 11.8 Å². The van der Waals surface area contributed by atoms with Crippen LogP contribution in [0.25, 0.3) is 0 Å². The molecule has 3 aliphatic rings. The monoisotopic (exact) mass is 220 g/mol. The van der Waals surface area contributed by atoms with E-state index in [-0.39, 0.29) is 5.78 Å². The summed E-state index contributed by atoms with van der Waals surface area (Å²) in [5.41, 5.74) is 1.38. The highest BCUT2D eigenvalue weighted by Crippen LogP contribution is 2.44. The molecule has 0 radical (unpaired) electrons. The minimum atomic E-state index is 0.283. The minimum absolute atomic E-state index is 0.283. The van der Waals surface area contributed by atoms with Crippen LogP contribution in [0.2, 0.25) is 0 Å². The Morgan fingerprint density at radius 1 is 1.06 bits per heavy atom. The maximum absolute atomic E-state index is 11.9. The summed E-state index contributed by atoms with van der Waals surface area (Å²) in [6, 6.07) is 0. The van der Waals surface area contributed by atoms with E-state index in [9.17, 15) is 4.79 Å². The number of hydrogen-bond acceptors (Lipinski definition) is 2. The van der Waals surface area contributed by atoms with E-state index < -0.39 is 0 Å².